The summed E-state index contributed by atoms with van der Waals surface area (Å²) in [5, 5.41) is 3.53. The van der Waals surface area contributed by atoms with E-state index in [0.29, 0.717) is 0 Å². The van der Waals surface area contributed by atoms with Gasteiger partial charge in [0.25, 0.3) is 0 Å². The Labute approximate surface area is 116 Å². The molecule has 1 aromatic heterocycles. The Morgan fingerprint density at radius 1 is 1.26 bits per heavy atom. The average Bonchev–Trinajstić information content (AvgIpc) is 3.16. The maximum atomic E-state index is 4.78. The zero-order valence-corrected chi connectivity index (χ0v) is 11.9. The summed E-state index contributed by atoms with van der Waals surface area (Å²) in [4.78, 5) is 7.33. The van der Waals surface area contributed by atoms with Gasteiger partial charge in [-0.25, -0.2) is 0 Å². The minimum Gasteiger partial charge on any atom is -0.308 e. The molecule has 2 heterocycles. The smallest absolute Gasteiger partial charge is 0.0547 e. The van der Waals surface area contributed by atoms with Crippen LogP contribution < -0.4 is 5.32 Å². The molecule has 0 spiro atoms. The minimum absolute atomic E-state index is 0.759. The Morgan fingerprint density at radius 2 is 2.11 bits per heavy atom. The lowest BCUT2D eigenvalue weighted by Crippen LogP contribution is -2.21. The standard InChI is InChI=1S/C16H25N3/c1-2-13-8-9-19(11-13)12-16-5-3-4-15(18-16)10-17-14-6-7-14/h3-5,13-14,17H,2,6-12H2,1H3. The van der Waals surface area contributed by atoms with Crippen LogP contribution >= 0.6 is 0 Å². The Kier molecular flexibility index (Phi) is 4.14. The fourth-order valence-corrected chi connectivity index (χ4v) is 2.87. The molecule has 0 amide bonds. The molecule has 1 atom stereocenters. The van der Waals surface area contributed by atoms with Crippen molar-refractivity contribution in [3.8, 4) is 0 Å². The predicted octanol–water partition coefficient (Wildman–Crippen LogP) is 2.57. The summed E-state index contributed by atoms with van der Waals surface area (Å²) in [6, 6.07) is 7.21. The van der Waals surface area contributed by atoms with Gasteiger partial charge >= 0.3 is 0 Å². The van der Waals surface area contributed by atoms with Crippen molar-refractivity contribution < 1.29 is 0 Å². The molecule has 19 heavy (non-hydrogen) atoms. The third-order valence-electron chi connectivity index (χ3n) is 4.35. The van der Waals surface area contributed by atoms with Crippen LogP contribution in [0.15, 0.2) is 18.2 Å². The van der Waals surface area contributed by atoms with Gasteiger partial charge in [-0.1, -0.05) is 19.4 Å². The third kappa shape index (κ3) is 3.77. The van der Waals surface area contributed by atoms with E-state index in [-0.39, 0.29) is 0 Å². The molecule has 1 saturated carbocycles. The van der Waals surface area contributed by atoms with E-state index in [1.165, 1.54) is 50.2 Å². The highest BCUT2D eigenvalue weighted by molar-refractivity contribution is 5.11. The van der Waals surface area contributed by atoms with Crippen LogP contribution in [-0.4, -0.2) is 29.0 Å². The largest absolute Gasteiger partial charge is 0.308 e. The Morgan fingerprint density at radius 3 is 2.84 bits per heavy atom. The van der Waals surface area contributed by atoms with E-state index >= 15 is 0 Å². The number of pyridine rings is 1. The van der Waals surface area contributed by atoms with Gasteiger partial charge < -0.3 is 5.32 Å². The molecular formula is C16H25N3. The molecule has 3 rings (SSSR count). The fourth-order valence-electron chi connectivity index (χ4n) is 2.87. The van der Waals surface area contributed by atoms with Crippen LogP contribution in [0.4, 0.5) is 0 Å². The zero-order valence-electron chi connectivity index (χ0n) is 11.9. The molecule has 0 aromatic carbocycles. The molecule has 1 unspecified atom stereocenters. The van der Waals surface area contributed by atoms with Crippen LogP contribution in [0, 0.1) is 5.92 Å². The molecule has 1 N–H and O–H groups in total. The highest BCUT2D eigenvalue weighted by Gasteiger charge is 2.22. The summed E-state index contributed by atoms with van der Waals surface area (Å²) >= 11 is 0. The second-order valence-corrected chi connectivity index (χ2v) is 6.07. The third-order valence-corrected chi connectivity index (χ3v) is 4.35. The van der Waals surface area contributed by atoms with Crippen LogP contribution in [0.2, 0.25) is 0 Å². The van der Waals surface area contributed by atoms with E-state index in [1.54, 1.807) is 0 Å². The SMILES string of the molecule is CCC1CCN(Cc2cccc(CNC3CC3)n2)C1. The van der Waals surface area contributed by atoms with Crippen molar-refractivity contribution in [3.63, 3.8) is 0 Å². The van der Waals surface area contributed by atoms with Crippen LogP contribution in [0.25, 0.3) is 0 Å². The van der Waals surface area contributed by atoms with E-state index in [4.69, 9.17) is 4.98 Å². The zero-order chi connectivity index (χ0) is 13.1. The summed E-state index contributed by atoms with van der Waals surface area (Å²) in [5.74, 6) is 0.903. The van der Waals surface area contributed by atoms with E-state index in [9.17, 15) is 0 Å². The second-order valence-electron chi connectivity index (χ2n) is 6.07. The fraction of sp³-hybridized carbons (Fsp3) is 0.688. The highest BCUT2D eigenvalue weighted by Crippen LogP contribution is 2.21. The number of likely N-dealkylation sites (tertiary alicyclic amines) is 1. The lowest BCUT2D eigenvalue weighted by atomic mass is 10.1. The summed E-state index contributed by atoms with van der Waals surface area (Å²) in [5.41, 5.74) is 2.42. The molecular weight excluding hydrogens is 234 g/mol. The first-order valence-corrected chi connectivity index (χ1v) is 7.74. The predicted molar refractivity (Wildman–Crippen MR) is 77.8 cm³/mol. The normalized spacial score (nSPS) is 23.9. The molecule has 0 radical (unpaired) electrons. The van der Waals surface area contributed by atoms with Crippen molar-refractivity contribution in [2.24, 2.45) is 5.92 Å². The van der Waals surface area contributed by atoms with Gasteiger partial charge in [-0.2, -0.15) is 0 Å². The molecule has 1 aromatic rings. The summed E-state index contributed by atoms with van der Waals surface area (Å²) in [7, 11) is 0. The number of nitrogens with zero attached hydrogens (tertiary/aromatic N) is 2. The van der Waals surface area contributed by atoms with Gasteiger partial charge in [0, 0.05) is 25.7 Å². The van der Waals surface area contributed by atoms with Gasteiger partial charge in [-0.3, -0.25) is 9.88 Å². The van der Waals surface area contributed by atoms with Gasteiger partial charge in [-0.05, 0) is 43.9 Å². The van der Waals surface area contributed by atoms with Crippen molar-refractivity contribution in [2.75, 3.05) is 13.1 Å². The van der Waals surface area contributed by atoms with Crippen molar-refractivity contribution in [2.45, 2.75) is 51.7 Å². The minimum atomic E-state index is 0.759. The molecule has 1 aliphatic carbocycles. The number of aromatic nitrogens is 1. The van der Waals surface area contributed by atoms with Gasteiger partial charge in [0.15, 0.2) is 0 Å². The quantitative estimate of drug-likeness (QED) is 0.851. The van der Waals surface area contributed by atoms with E-state index in [1.807, 2.05) is 0 Å². The Bertz CT molecular complexity index is 414. The molecule has 2 aliphatic rings. The van der Waals surface area contributed by atoms with Crippen LogP contribution in [0.5, 0.6) is 0 Å². The van der Waals surface area contributed by atoms with Crippen molar-refractivity contribution >= 4 is 0 Å². The first-order chi connectivity index (χ1) is 9.33. The van der Waals surface area contributed by atoms with Crippen LogP contribution in [0.3, 0.4) is 0 Å². The van der Waals surface area contributed by atoms with Crippen molar-refractivity contribution in [1.29, 1.82) is 0 Å². The van der Waals surface area contributed by atoms with E-state index in [0.717, 1.165) is 25.0 Å². The van der Waals surface area contributed by atoms with Crippen LogP contribution in [0.1, 0.15) is 44.0 Å². The maximum absolute atomic E-state index is 4.78. The summed E-state index contributed by atoms with van der Waals surface area (Å²) in [6.07, 6.45) is 5.35. The number of rotatable bonds is 6. The van der Waals surface area contributed by atoms with Crippen molar-refractivity contribution in [1.82, 2.24) is 15.2 Å². The number of nitrogens with one attached hydrogen (secondary N) is 1. The van der Waals surface area contributed by atoms with Gasteiger partial charge in [0.2, 0.25) is 0 Å². The molecule has 0 bridgehead atoms. The van der Waals surface area contributed by atoms with Crippen molar-refractivity contribution in [3.05, 3.63) is 29.6 Å². The molecule has 2 fully saturated rings. The summed E-state index contributed by atoms with van der Waals surface area (Å²) < 4.78 is 0. The van der Waals surface area contributed by atoms with Gasteiger partial charge in [0.1, 0.15) is 0 Å². The maximum Gasteiger partial charge on any atom is 0.0547 e. The van der Waals surface area contributed by atoms with Crippen LogP contribution in [-0.2, 0) is 13.1 Å². The lowest BCUT2D eigenvalue weighted by Gasteiger charge is -2.15. The first-order valence-electron chi connectivity index (χ1n) is 7.74. The van der Waals surface area contributed by atoms with Gasteiger partial charge in [-0.15, -0.1) is 0 Å². The van der Waals surface area contributed by atoms with Gasteiger partial charge in [0.05, 0.1) is 11.4 Å². The molecule has 104 valence electrons. The highest BCUT2D eigenvalue weighted by atomic mass is 15.1. The topological polar surface area (TPSA) is 28.2 Å². The molecule has 3 heteroatoms. The molecule has 1 saturated heterocycles. The number of hydrogen-bond donors (Lipinski definition) is 1. The lowest BCUT2D eigenvalue weighted by molar-refractivity contribution is 0.311. The first kappa shape index (κ1) is 13.1. The average molecular weight is 259 g/mol. The van der Waals surface area contributed by atoms with E-state index in [2.05, 4.69) is 35.3 Å². The Hall–Kier alpha value is -0.930. The molecule has 1 aliphatic heterocycles. The second kappa shape index (κ2) is 6.02. The Balaban J connectivity index is 1.53. The monoisotopic (exact) mass is 259 g/mol. The molecule has 3 nitrogen and oxygen atoms in total. The summed E-state index contributed by atoms with van der Waals surface area (Å²) in [6.45, 7) is 6.74. The number of hydrogen-bond acceptors (Lipinski definition) is 3. The van der Waals surface area contributed by atoms with E-state index < -0.39 is 0 Å².